The molecule has 7 heteroatoms. The third kappa shape index (κ3) is 2.97. The first-order valence-corrected chi connectivity index (χ1v) is 9.73. The van der Waals surface area contributed by atoms with E-state index < -0.39 is 0 Å². The van der Waals surface area contributed by atoms with E-state index in [1.54, 1.807) is 6.07 Å². The number of hydrogen-bond donors (Lipinski definition) is 0. The lowest BCUT2D eigenvalue weighted by Gasteiger charge is -2.35. The van der Waals surface area contributed by atoms with Crippen LogP contribution >= 0.6 is 22.9 Å². The summed E-state index contributed by atoms with van der Waals surface area (Å²) < 4.78 is 2.67. The van der Waals surface area contributed by atoms with Gasteiger partial charge in [-0.05, 0) is 37.3 Å². The smallest absolute Gasteiger partial charge is 0.264 e. The van der Waals surface area contributed by atoms with Crippen molar-refractivity contribution >= 4 is 28.8 Å². The van der Waals surface area contributed by atoms with Gasteiger partial charge >= 0.3 is 0 Å². The zero-order valence-corrected chi connectivity index (χ0v) is 15.5. The van der Waals surface area contributed by atoms with E-state index in [1.807, 2.05) is 15.6 Å². The van der Waals surface area contributed by atoms with E-state index >= 15 is 0 Å². The Labute approximate surface area is 150 Å². The largest absolute Gasteiger partial charge is 0.326 e. The fraction of sp³-hybridized carbons (Fsp3) is 0.588. The van der Waals surface area contributed by atoms with Gasteiger partial charge in [-0.2, -0.15) is 5.10 Å². The third-order valence-corrected chi connectivity index (χ3v) is 5.84. The number of fused-ring (bicyclic) bond motifs is 1. The fourth-order valence-corrected chi connectivity index (χ4v) is 4.29. The Morgan fingerprint density at radius 3 is 2.79 bits per heavy atom. The summed E-state index contributed by atoms with van der Waals surface area (Å²) in [6.45, 7) is 5.75. The van der Waals surface area contributed by atoms with Crippen LogP contribution in [0.5, 0.6) is 0 Å². The van der Waals surface area contributed by atoms with Crippen molar-refractivity contribution in [1.29, 1.82) is 0 Å². The number of thiophene rings is 1. The van der Waals surface area contributed by atoms with Crippen LogP contribution in [0.2, 0.25) is 4.34 Å². The van der Waals surface area contributed by atoms with Crippen LogP contribution in [0.4, 0.5) is 0 Å². The summed E-state index contributed by atoms with van der Waals surface area (Å²) in [6.07, 6.45) is 3.27. The molecule has 0 spiro atoms. The zero-order chi connectivity index (χ0) is 16.8. The molecule has 2 aromatic rings. The Morgan fingerprint density at radius 1 is 1.38 bits per heavy atom. The molecular formula is C17H21ClN4OS. The van der Waals surface area contributed by atoms with Gasteiger partial charge in [-0.25, -0.2) is 9.67 Å². The average Bonchev–Trinajstić information content (AvgIpc) is 3.15. The molecule has 3 heterocycles. The van der Waals surface area contributed by atoms with E-state index in [4.69, 9.17) is 21.7 Å². The molecule has 1 aliphatic heterocycles. The molecule has 1 fully saturated rings. The molecule has 0 bridgehead atoms. The van der Waals surface area contributed by atoms with E-state index in [-0.39, 0.29) is 11.9 Å². The molecule has 1 aliphatic carbocycles. The first kappa shape index (κ1) is 16.1. The predicted octanol–water partition coefficient (Wildman–Crippen LogP) is 4.11. The molecule has 0 N–H and O–H groups in total. The number of amides is 1. The number of hydrogen-bond acceptors (Lipinski definition) is 4. The molecule has 5 nitrogen and oxygen atoms in total. The topological polar surface area (TPSA) is 51.0 Å². The summed E-state index contributed by atoms with van der Waals surface area (Å²) in [6, 6.07) is 3.60. The van der Waals surface area contributed by atoms with Crippen LogP contribution in [-0.2, 0) is 6.54 Å². The van der Waals surface area contributed by atoms with Gasteiger partial charge in [0.05, 0.1) is 21.8 Å². The standard InChI is InChI=1S/C17H21ClN4OS/c1-10(2)9-12-16-19-15(11-3-4-11)20-22(16)8-7-21(12)17(23)13-5-6-14(18)24-13/h5-6,10-12H,3-4,7-9H2,1-2H3/t12-/m0/s1. The van der Waals surface area contributed by atoms with E-state index in [9.17, 15) is 4.79 Å². The SMILES string of the molecule is CC(C)C[C@H]1c2nc(C3CC3)nn2CCN1C(=O)c1ccc(Cl)s1. The Morgan fingerprint density at radius 2 is 2.17 bits per heavy atom. The number of nitrogens with zero attached hydrogens (tertiary/aromatic N) is 4. The van der Waals surface area contributed by atoms with Crippen molar-refractivity contribution in [2.24, 2.45) is 5.92 Å². The van der Waals surface area contributed by atoms with Crippen molar-refractivity contribution in [3.8, 4) is 0 Å². The van der Waals surface area contributed by atoms with E-state index in [0.29, 0.717) is 34.1 Å². The van der Waals surface area contributed by atoms with Gasteiger partial charge in [0.15, 0.2) is 5.82 Å². The molecule has 0 radical (unpaired) electrons. The van der Waals surface area contributed by atoms with Gasteiger partial charge in [-0.3, -0.25) is 4.79 Å². The summed E-state index contributed by atoms with van der Waals surface area (Å²) >= 11 is 7.35. The van der Waals surface area contributed by atoms with Crippen LogP contribution in [-0.4, -0.2) is 32.1 Å². The molecular weight excluding hydrogens is 344 g/mol. The lowest BCUT2D eigenvalue weighted by molar-refractivity contribution is 0.0583. The molecule has 2 aliphatic rings. The second-order valence-electron chi connectivity index (χ2n) is 7.07. The Bertz CT molecular complexity index is 764. The van der Waals surface area contributed by atoms with Gasteiger partial charge in [-0.1, -0.05) is 25.4 Å². The molecule has 128 valence electrons. The lowest BCUT2D eigenvalue weighted by atomic mass is 10.00. The van der Waals surface area contributed by atoms with E-state index in [1.165, 1.54) is 24.2 Å². The molecule has 0 unspecified atom stereocenters. The van der Waals surface area contributed by atoms with Crippen LogP contribution < -0.4 is 0 Å². The average molecular weight is 365 g/mol. The summed E-state index contributed by atoms with van der Waals surface area (Å²) in [7, 11) is 0. The molecule has 0 saturated heterocycles. The van der Waals surface area contributed by atoms with E-state index in [2.05, 4.69) is 13.8 Å². The monoisotopic (exact) mass is 364 g/mol. The maximum atomic E-state index is 13.0. The van der Waals surface area contributed by atoms with Crippen molar-refractivity contribution in [2.45, 2.75) is 51.6 Å². The van der Waals surface area contributed by atoms with Crippen LogP contribution in [0.25, 0.3) is 0 Å². The molecule has 0 aromatic carbocycles. The Balaban J connectivity index is 1.66. The highest BCUT2D eigenvalue weighted by Gasteiger charge is 2.37. The number of rotatable bonds is 4. The van der Waals surface area contributed by atoms with Crippen LogP contribution in [0.1, 0.15) is 66.4 Å². The van der Waals surface area contributed by atoms with Crippen molar-refractivity contribution in [3.63, 3.8) is 0 Å². The first-order valence-electron chi connectivity index (χ1n) is 8.54. The van der Waals surface area contributed by atoms with Crippen molar-refractivity contribution < 1.29 is 4.79 Å². The maximum Gasteiger partial charge on any atom is 0.264 e. The summed E-state index contributed by atoms with van der Waals surface area (Å²) in [5, 5.41) is 4.69. The summed E-state index contributed by atoms with van der Waals surface area (Å²) in [5.74, 6) is 2.98. The van der Waals surface area contributed by atoms with Crippen molar-refractivity contribution in [1.82, 2.24) is 19.7 Å². The minimum atomic E-state index is -0.00729. The molecule has 4 rings (SSSR count). The summed E-state index contributed by atoms with van der Waals surface area (Å²) in [5.41, 5.74) is 0. The summed E-state index contributed by atoms with van der Waals surface area (Å²) in [4.78, 5) is 20.5. The highest BCUT2D eigenvalue weighted by Crippen LogP contribution is 2.40. The zero-order valence-electron chi connectivity index (χ0n) is 13.9. The number of carbonyl (C=O) groups is 1. The second kappa shape index (κ2) is 6.15. The number of aromatic nitrogens is 3. The highest BCUT2D eigenvalue weighted by atomic mass is 35.5. The van der Waals surface area contributed by atoms with Gasteiger partial charge in [-0.15, -0.1) is 11.3 Å². The molecule has 1 saturated carbocycles. The molecule has 2 aromatic heterocycles. The first-order chi connectivity index (χ1) is 11.5. The number of halogens is 1. The second-order valence-corrected chi connectivity index (χ2v) is 8.79. The predicted molar refractivity (Wildman–Crippen MR) is 94.6 cm³/mol. The van der Waals surface area contributed by atoms with Gasteiger partial charge in [0, 0.05) is 12.5 Å². The molecule has 24 heavy (non-hydrogen) atoms. The minimum absolute atomic E-state index is 0.00729. The lowest BCUT2D eigenvalue weighted by Crippen LogP contribution is -2.43. The maximum absolute atomic E-state index is 13.0. The normalized spacial score (nSPS) is 20.5. The van der Waals surface area contributed by atoms with Crippen molar-refractivity contribution in [2.75, 3.05) is 6.54 Å². The van der Waals surface area contributed by atoms with Crippen LogP contribution in [0, 0.1) is 5.92 Å². The van der Waals surface area contributed by atoms with Gasteiger partial charge in [0.2, 0.25) is 0 Å². The van der Waals surface area contributed by atoms with Crippen LogP contribution in [0.15, 0.2) is 12.1 Å². The van der Waals surface area contributed by atoms with Gasteiger partial charge in [0.1, 0.15) is 5.82 Å². The van der Waals surface area contributed by atoms with Gasteiger partial charge < -0.3 is 4.90 Å². The van der Waals surface area contributed by atoms with Crippen molar-refractivity contribution in [3.05, 3.63) is 33.0 Å². The minimum Gasteiger partial charge on any atom is -0.326 e. The highest BCUT2D eigenvalue weighted by molar-refractivity contribution is 7.17. The van der Waals surface area contributed by atoms with Gasteiger partial charge in [0.25, 0.3) is 5.91 Å². The fourth-order valence-electron chi connectivity index (χ4n) is 3.29. The van der Waals surface area contributed by atoms with Crippen LogP contribution in [0.3, 0.4) is 0 Å². The third-order valence-electron chi connectivity index (χ3n) is 4.63. The number of carbonyl (C=O) groups excluding carboxylic acids is 1. The quantitative estimate of drug-likeness (QED) is 0.820. The molecule has 1 atom stereocenters. The van der Waals surface area contributed by atoms with E-state index in [0.717, 1.165) is 18.1 Å². The Kier molecular flexibility index (Phi) is 4.12. The molecule has 1 amide bonds. The Hall–Kier alpha value is -1.40.